The molecule has 0 bridgehead atoms. The average Bonchev–Trinajstić information content (AvgIpc) is 2.47. The van der Waals surface area contributed by atoms with E-state index >= 15 is 0 Å². The van der Waals surface area contributed by atoms with Crippen LogP contribution in [0.5, 0.6) is 0 Å². The van der Waals surface area contributed by atoms with Crippen LogP contribution in [0.3, 0.4) is 0 Å². The molecule has 21 heavy (non-hydrogen) atoms. The zero-order valence-electron chi connectivity index (χ0n) is 13.0. The highest BCUT2D eigenvalue weighted by atomic mass is 16.5. The van der Waals surface area contributed by atoms with Crippen LogP contribution in [0.25, 0.3) is 0 Å². The van der Waals surface area contributed by atoms with Crippen LogP contribution in [0.15, 0.2) is 24.3 Å². The Labute approximate surface area is 126 Å². The molecule has 4 heteroatoms. The van der Waals surface area contributed by atoms with E-state index in [2.05, 4.69) is 6.92 Å². The number of aryl methyl sites for hydroxylation is 1. The third-order valence-electron chi connectivity index (χ3n) is 4.09. The first-order chi connectivity index (χ1) is 10.0. The molecule has 0 atom stereocenters. The van der Waals surface area contributed by atoms with Gasteiger partial charge in [-0.05, 0) is 19.0 Å². The van der Waals surface area contributed by atoms with E-state index in [1.54, 1.807) is 0 Å². The number of rotatable bonds is 6. The van der Waals surface area contributed by atoms with Gasteiger partial charge >= 0.3 is 0 Å². The molecular weight excluding hydrogens is 266 g/mol. The van der Waals surface area contributed by atoms with Crippen molar-refractivity contribution < 1.29 is 14.6 Å². The normalized spacial score (nSPS) is 17.9. The summed E-state index contributed by atoms with van der Waals surface area (Å²) in [4.78, 5) is 14.2. The van der Waals surface area contributed by atoms with Gasteiger partial charge in [0, 0.05) is 38.2 Å². The topological polar surface area (TPSA) is 49.8 Å². The zero-order chi connectivity index (χ0) is 15.3. The first kappa shape index (κ1) is 16.1. The maximum absolute atomic E-state index is 12.3. The average molecular weight is 291 g/mol. The van der Waals surface area contributed by atoms with Crippen LogP contribution in [-0.4, -0.2) is 54.7 Å². The summed E-state index contributed by atoms with van der Waals surface area (Å²) >= 11 is 0. The number of Topliss-reactive ketones (excluding diaryl/α,β-unsaturated/α-hetero) is 1. The third-order valence-corrected chi connectivity index (χ3v) is 4.09. The predicted molar refractivity (Wildman–Crippen MR) is 82.7 cm³/mol. The molecule has 0 amide bonds. The van der Waals surface area contributed by atoms with Crippen LogP contribution in [0.2, 0.25) is 0 Å². The van der Waals surface area contributed by atoms with Crippen LogP contribution in [0.4, 0.5) is 0 Å². The molecule has 1 aliphatic rings. The maximum Gasteiger partial charge on any atom is 0.176 e. The van der Waals surface area contributed by atoms with Gasteiger partial charge in [0.05, 0.1) is 12.1 Å². The molecule has 1 fully saturated rings. The molecule has 1 aromatic carbocycles. The second-order valence-electron chi connectivity index (χ2n) is 5.98. The zero-order valence-corrected chi connectivity index (χ0v) is 13.0. The number of benzene rings is 1. The Morgan fingerprint density at radius 1 is 1.29 bits per heavy atom. The Kier molecular flexibility index (Phi) is 5.51. The molecule has 0 spiro atoms. The summed E-state index contributed by atoms with van der Waals surface area (Å²) in [5.41, 5.74) is 1.24. The van der Waals surface area contributed by atoms with E-state index in [0.29, 0.717) is 39.1 Å². The van der Waals surface area contributed by atoms with Gasteiger partial charge < -0.3 is 9.84 Å². The van der Waals surface area contributed by atoms with E-state index < -0.39 is 5.60 Å². The summed E-state index contributed by atoms with van der Waals surface area (Å²) in [5.74, 6) is 0.0933. The van der Waals surface area contributed by atoms with E-state index in [1.165, 1.54) is 5.56 Å². The number of carbonyl (C=O) groups is 1. The van der Waals surface area contributed by atoms with Crippen LogP contribution in [-0.2, 0) is 11.2 Å². The van der Waals surface area contributed by atoms with E-state index in [9.17, 15) is 9.90 Å². The molecule has 1 N–H and O–H groups in total. The van der Waals surface area contributed by atoms with Crippen LogP contribution in [0, 0.1) is 0 Å². The third kappa shape index (κ3) is 4.63. The highest BCUT2D eigenvalue weighted by Gasteiger charge is 2.31. The van der Waals surface area contributed by atoms with Crippen molar-refractivity contribution in [3.63, 3.8) is 0 Å². The van der Waals surface area contributed by atoms with Gasteiger partial charge in [0.15, 0.2) is 5.78 Å². The molecule has 0 unspecified atom stereocenters. The number of ether oxygens (including phenoxy) is 1. The van der Waals surface area contributed by atoms with Crippen molar-refractivity contribution >= 4 is 5.78 Å². The summed E-state index contributed by atoms with van der Waals surface area (Å²) in [6.45, 7) is 4.12. The van der Waals surface area contributed by atoms with Gasteiger partial charge in [0.25, 0.3) is 0 Å². The van der Waals surface area contributed by atoms with Crippen LogP contribution in [0.1, 0.15) is 35.7 Å². The highest BCUT2D eigenvalue weighted by molar-refractivity contribution is 5.97. The van der Waals surface area contributed by atoms with Gasteiger partial charge in [-0.15, -0.1) is 0 Å². The van der Waals surface area contributed by atoms with E-state index in [0.717, 1.165) is 12.0 Å². The van der Waals surface area contributed by atoms with Gasteiger partial charge in [-0.1, -0.05) is 31.2 Å². The minimum atomic E-state index is -0.723. The first-order valence-electron chi connectivity index (χ1n) is 7.63. The summed E-state index contributed by atoms with van der Waals surface area (Å²) in [6.07, 6.45) is 2.25. The molecule has 1 aromatic rings. The minimum Gasteiger partial charge on any atom is -0.388 e. The monoisotopic (exact) mass is 291 g/mol. The number of ketones is 1. The van der Waals surface area contributed by atoms with Crippen molar-refractivity contribution in [1.29, 1.82) is 0 Å². The standard InChI is InChI=1S/C17H25NO3/c1-3-14-4-6-15(7-5-14)16(19)12-18(2)13-17(20)8-10-21-11-9-17/h4-7,20H,3,8-13H2,1-2H3. The summed E-state index contributed by atoms with van der Waals surface area (Å²) in [5, 5.41) is 10.5. The highest BCUT2D eigenvalue weighted by Crippen LogP contribution is 2.21. The molecule has 1 saturated heterocycles. The van der Waals surface area contributed by atoms with Crippen LogP contribution >= 0.6 is 0 Å². The second-order valence-corrected chi connectivity index (χ2v) is 5.98. The Morgan fingerprint density at radius 2 is 1.90 bits per heavy atom. The van der Waals surface area contributed by atoms with Crippen LogP contribution < -0.4 is 0 Å². The van der Waals surface area contributed by atoms with E-state index in [1.807, 2.05) is 36.2 Å². The molecule has 0 radical (unpaired) electrons. The largest absolute Gasteiger partial charge is 0.388 e. The van der Waals surface area contributed by atoms with Crippen molar-refractivity contribution in [1.82, 2.24) is 4.90 Å². The number of carbonyl (C=O) groups excluding carboxylic acids is 1. The van der Waals surface area contributed by atoms with Gasteiger partial charge in [-0.25, -0.2) is 0 Å². The van der Waals surface area contributed by atoms with Gasteiger partial charge in [-0.3, -0.25) is 9.69 Å². The smallest absolute Gasteiger partial charge is 0.176 e. The molecule has 0 aromatic heterocycles. The quantitative estimate of drug-likeness (QED) is 0.813. The predicted octanol–water partition coefficient (Wildman–Crippen LogP) is 1.91. The SMILES string of the molecule is CCc1ccc(C(=O)CN(C)CC2(O)CCOCC2)cc1. The minimum absolute atomic E-state index is 0.0933. The molecule has 116 valence electrons. The summed E-state index contributed by atoms with van der Waals surface area (Å²) < 4.78 is 5.27. The molecular formula is C17H25NO3. The molecule has 1 heterocycles. The van der Waals surface area contributed by atoms with E-state index in [-0.39, 0.29) is 5.78 Å². The van der Waals surface area contributed by atoms with Crippen molar-refractivity contribution in [3.05, 3.63) is 35.4 Å². The lowest BCUT2D eigenvalue weighted by atomic mass is 9.94. The number of nitrogens with zero attached hydrogens (tertiary/aromatic N) is 1. The maximum atomic E-state index is 12.3. The second kappa shape index (κ2) is 7.16. The Hall–Kier alpha value is -1.23. The fraction of sp³-hybridized carbons (Fsp3) is 0.588. The fourth-order valence-electron chi connectivity index (χ4n) is 2.73. The number of hydrogen-bond acceptors (Lipinski definition) is 4. The molecule has 0 aliphatic carbocycles. The lowest BCUT2D eigenvalue weighted by molar-refractivity contribution is -0.0758. The van der Waals surface area contributed by atoms with Gasteiger partial charge in [-0.2, -0.15) is 0 Å². The van der Waals surface area contributed by atoms with Gasteiger partial charge in [0.2, 0.25) is 0 Å². The summed E-state index contributed by atoms with van der Waals surface area (Å²) in [6, 6.07) is 7.77. The number of hydrogen-bond donors (Lipinski definition) is 1. The molecule has 2 rings (SSSR count). The molecule has 0 saturated carbocycles. The lowest BCUT2D eigenvalue weighted by Crippen LogP contribution is -2.46. The van der Waals surface area contributed by atoms with Crippen molar-refractivity contribution in [3.8, 4) is 0 Å². The van der Waals surface area contributed by atoms with Gasteiger partial charge in [0.1, 0.15) is 0 Å². The van der Waals surface area contributed by atoms with Crippen molar-refractivity contribution in [2.24, 2.45) is 0 Å². The summed E-state index contributed by atoms with van der Waals surface area (Å²) in [7, 11) is 1.88. The van der Waals surface area contributed by atoms with Crippen molar-refractivity contribution in [2.45, 2.75) is 31.8 Å². The molecule has 1 aliphatic heterocycles. The Morgan fingerprint density at radius 3 is 2.48 bits per heavy atom. The number of likely N-dealkylation sites (N-methyl/N-ethyl adjacent to an activating group) is 1. The first-order valence-corrected chi connectivity index (χ1v) is 7.63. The fourth-order valence-corrected chi connectivity index (χ4v) is 2.73. The van der Waals surface area contributed by atoms with Crippen molar-refractivity contribution in [2.75, 3.05) is 33.4 Å². The Bertz CT molecular complexity index is 463. The Balaban J connectivity index is 1.88. The molecule has 4 nitrogen and oxygen atoms in total. The van der Waals surface area contributed by atoms with E-state index in [4.69, 9.17) is 4.74 Å². The lowest BCUT2D eigenvalue weighted by Gasteiger charge is -2.35. The number of aliphatic hydroxyl groups is 1.